The maximum atomic E-state index is 5.33. The quantitative estimate of drug-likeness (QED) is 0.787. The molecule has 0 amide bonds. The van der Waals surface area contributed by atoms with Crippen molar-refractivity contribution in [2.75, 3.05) is 5.75 Å². The molecule has 2 aromatic heterocycles. The number of furan rings is 1. The minimum absolute atomic E-state index is 0.604. The van der Waals surface area contributed by atoms with Crippen LogP contribution >= 0.6 is 11.8 Å². The molecule has 0 unspecified atom stereocenters. The molecule has 1 fully saturated rings. The molecule has 3 rings (SSSR count). The van der Waals surface area contributed by atoms with Gasteiger partial charge in [0.25, 0.3) is 0 Å². The van der Waals surface area contributed by atoms with Gasteiger partial charge in [-0.05, 0) is 41.3 Å². The summed E-state index contributed by atoms with van der Waals surface area (Å²) >= 11 is 1.77. The largest absolute Gasteiger partial charge is 0.467 e. The summed E-state index contributed by atoms with van der Waals surface area (Å²) in [5.41, 5.74) is 0. The van der Waals surface area contributed by atoms with E-state index in [0.717, 1.165) is 22.6 Å². The van der Waals surface area contributed by atoms with E-state index in [4.69, 9.17) is 4.42 Å². The van der Waals surface area contributed by atoms with Crippen LogP contribution in [0.5, 0.6) is 0 Å². The summed E-state index contributed by atoms with van der Waals surface area (Å²) in [6.45, 7) is 0.604. The molecule has 19 heavy (non-hydrogen) atoms. The van der Waals surface area contributed by atoms with Crippen molar-refractivity contribution in [3.05, 3.63) is 24.2 Å². The van der Waals surface area contributed by atoms with Gasteiger partial charge in [-0.2, -0.15) is 0 Å². The Balaban J connectivity index is 1.57. The summed E-state index contributed by atoms with van der Waals surface area (Å²) in [6, 6.07) is 3.83. The average molecular weight is 278 g/mol. The van der Waals surface area contributed by atoms with Crippen molar-refractivity contribution in [3.8, 4) is 0 Å². The number of thioether (sulfide) groups is 1. The number of hydrogen-bond acceptors (Lipinski definition) is 5. The summed E-state index contributed by atoms with van der Waals surface area (Å²) in [6.07, 6.45) is 8.54. The molecule has 102 valence electrons. The maximum absolute atomic E-state index is 5.33. The van der Waals surface area contributed by atoms with Crippen LogP contribution in [0.4, 0.5) is 0 Å². The van der Waals surface area contributed by atoms with Crippen molar-refractivity contribution in [1.82, 2.24) is 20.2 Å². The maximum Gasteiger partial charge on any atom is 0.209 e. The fourth-order valence-corrected chi connectivity index (χ4v) is 3.56. The van der Waals surface area contributed by atoms with Crippen molar-refractivity contribution in [2.45, 2.75) is 43.8 Å². The second-order valence-corrected chi connectivity index (χ2v) is 6.00. The van der Waals surface area contributed by atoms with Gasteiger partial charge in [-0.25, -0.2) is 4.68 Å². The van der Waals surface area contributed by atoms with Crippen molar-refractivity contribution in [2.24, 2.45) is 5.92 Å². The highest BCUT2D eigenvalue weighted by Crippen LogP contribution is 2.29. The Morgan fingerprint density at radius 2 is 2.21 bits per heavy atom. The van der Waals surface area contributed by atoms with Crippen LogP contribution in [0.1, 0.15) is 37.9 Å². The van der Waals surface area contributed by atoms with Crippen LogP contribution in [0.25, 0.3) is 0 Å². The SMILES string of the molecule is c1coc(Cn2nnnc2SCC2CCCCC2)c1. The third-order valence-electron chi connectivity index (χ3n) is 3.56. The van der Waals surface area contributed by atoms with Gasteiger partial charge in [-0.1, -0.05) is 31.0 Å². The first kappa shape index (κ1) is 12.7. The van der Waals surface area contributed by atoms with E-state index in [1.807, 2.05) is 16.8 Å². The van der Waals surface area contributed by atoms with Crippen LogP contribution < -0.4 is 0 Å². The lowest BCUT2D eigenvalue weighted by Crippen LogP contribution is -2.10. The fraction of sp³-hybridized carbons (Fsp3) is 0.615. The minimum atomic E-state index is 0.604. The van der Waals surface area contributed by atoms with Gasteiger partial charge >= 0.3 is 0 Å². The van der Waals surface area contributed by atoms with Gasteiger partial charge in [-0.15, -0.1) is 5.10 Å². The second kappa shape index (κ2) is 6.23. The molecule has 1 aliphatic carbocycles. The number of nitrogens with zero attached hydrogens (tertiary/aromatic N) is 4. The van der Waals surface area contributed by atoms with E-state index in [0.29, 0.717) is 6.54 Å². The zero-order valence-electron chi connectivity index (χ0n) is 10.9. The molecule has 2 aromatic rings. The number of tetrazole rings is 1. The molecular weight excluding hydrogens is 260 g/mol. The van der Waals surface area contributed by atoms with Gasteiger partial charge in [0, 0.05) is 5.75 Å². The molecule has 1 saturated carbocycles. The van der Waals surface area contributed by atoms with Gasteiger partial charge in [0.05, 0.1) is 6.26 Å². The molecule has 0 aromatic carbocycles. The van der Waals surface area contributed by atoms with Crippen LogP contribution in [0, 0.1) is 5.92 Å². The van der Waals surface area contributed by atoms with E-state index in [-0.39, 0.29) is 0 Å². The lowest BCUT2D eigenvalue weighted by Gasteiger charge is -2.20. The Hall–Kier alpha value is -1.30. The molecule has 0 saturated heterocycles. The van der Waals surface area contributed by atoms with Gasteiger partial charge in [-0.3, -0.25) is 0 Å². The highest BCUT2D eigenvalue weighted by atomic mass is 32.2. The van der Waals surface area contributed by atoms with Crippen molar-refractivity contribution in [1.29, 1.82) is 0 Å². The van der Waals surface area contributed by atoms with E-state index >= 15 is 0 Å². The number of rotatable bonds is 5. The summed E-state index contributed by atoms with van der Waals surface area (Å²) in [5, 5.41) is 12.8. The molecule has 6 heteroatoms. The van der Waals surface area contributed by atoms with E-state index in [2.05, 4.69) is 15.5 Å². The van der Waals surface area contributed by atoms with Gasteiger partial charge < -0.3 is 4.42 Å². The first-order valence-corrected chi connectivity index (χ1v) is 7.82. The molecule has 0 spiro atoms. The zero-order valence-corrected chi connectivity index (χ0v) is 11.7. The predicted octanol–water partition coefficient (Wildman–Crippen LogP) is 2.99. The van der Waals surface area contributed by atoms with Crippen molar-refractivity contribution in [3.63, 3.8) is 0 Å². The lowest BCUT2D eigenvalue weighted by atomic mass is 9.91. The number of hydrogen-bond donors (Lipinski definition) is 0. The fourth-order valence-electron chi connectivity index (χ4n) is 2.50. The molecular formula is C13H18N4OS. The summed E-state index contributed by atoms with van der Waals surface area (Å²) in [5.74, 6) is 2.83. The van der Waals surface area contributed by atoms with Crippen molar-refractivity contribution >= 4 is 11.8 Å². The standard InChI is InChI=1S/C13H18N4OS/c1-2-5-11(6-3-1)10-19-13-14-15-16-17(13)9-12-7-4-8-18-12/h4,7-8,11H,1-3,5-6,9-10H2. The van der Waals surface area contributed by atoms with Gasteiger partial charge in [0.1, 0.15) is 12.3 Å². The Labute approximate surface area is 116 Å². The van der Waals surface area contributed by atoms with Crippen LogP contribution in [-0.2, 0) is 6.54 Å². The summed E-state index contributed by atoms with van der Waals surface area (Å²) in [4.78, 5) is 0. The molecule has 0 bridgehead atoms. The van der Waals surface area contributed by atoms with Crippen LogP contribution in [-0.4, -0.2) is 26.0 Å². The third-order valence-corrected chi connectivity index (χ3v) is 4.75. The monoisotopic (exact) mass is 278 g/mol. The Morgan fingerprint density at radius 1 is 1.32 bits per heavy atom. The third kappa shape index (κ3) is 3.37. The Kier molecular flexibility index (Phi) is 4.17. The topological polar surface area (TPSA) is 56.7 Å². The van der Waals surface area contributed by atoms with E-state index in [1.54, 1.807) is 18.0 Å². The lowest BCUT2D eigenvalue weighted by molar-refractivity contribution is 0.390. The molecule has 0 radical (unpaired) electrons. The predicted molar refractivity (Wildman–Crippen MR) is 72.9 cm³/mol. The Bertz CT molecular complexity index is 490. The van der Waals surface area contributed by atoms with Crippen LogP contribution in [0.15, 0.2) is 28.0 Å². The van der Waals surface area contributed by atoms with E-state index < -0.39 is 0 Å². The smallest absolute Gasteiger partial charge is 0.209 e. The number of aromatic nitrogens is 4. The molecule has 1 aliphatic rings. The molecule has 5 nitrogen and oxygen atoms in total. The highest BCUT2D eigenvalue weighted by Gasteiger charge is 2.16. The van der Waals surface area contributed by atoms with Crippen LogP contribution in [0.3, 0.4) is 0 Å². The summed E-state index contributed by atoms with van der Waals surface area (Å²) in [7, 11) is 0. The first-order valence-electron chi connectivity index (χ1n) is 6.83. The molecule has 0 atom stereocenters. The minimum Gasteiger partial charge on any atom is -0.467 e. The van der Waals surface area contributed by atoms with Crippen molar-refractivity contribution < 1.29 is 4.42 Å². The van der Waals surface area contributed by atoms with Crippen LogP contribution in [0.2, 0.25) is 0 Å². The summed E-state index contributed by atoms with van der Waals surface area (Å²) < 4.78 is 7.14. The van der Waals surface area contributed by atoms with Gasteiger partial charge in [0.2, 0.25) is 5.16 Å². The Morgan fingerprint density at radius 3 is 3.00 bits per heavy atom. The molecule has 0 aliphatic heterocycles. The highest BCUT2D eigenvalue weighted by molar-refractivity contribution is 7.99. The average Bonchev–Trinajstić information content (AvgIpc) is 3.10. The van der Waals surface area contributed by atoms with E-state index in [9.17, 15) is 0 Å². The molecule has 0 N–H and O–H groups in total. The molecule has 2 heterocycles. The van der Waals surface area contributed by atoms with E-state index in [1.165, 1.54) is 32.1 Å². The normalized spacial score (nSPS) is 16.8. The second-order valence-electron chi connectivity index (χ2n) is 5.01. The first-order chi connectivity index (χ1) is 9.42. The zero-order chi connectivity index (χ0) is 12.9. The van der Waals surface area contributed by atoms with Gasteiger partial charge in [0.15, 0.2) is 0 Å².